The van der Waals surface area contributed by atoms with Crippen molar-refractivity contribution in [3.63, 3.8) is 0 Å². The largest absolute Gasteiger partial charge is 0.493 e. The smallest absolute Gasteiger partial charge is 0.255 e. The predicted octanol–water partition coefficient (Wildman–Crippen LogP) is 6.49. The van der Waals surface area contributed by atoms with Crippen LogP contribution in [-0.4, -0.2) is 12.5 Å². The van der Waals surface area contributed by atoms with Crippen LogP contribution in [0.4, 0.5) is 14.5 Å². The molecule has 0 aliphatic heterocycles. The number of anilines is 1. The number of carbonyl (C=O) groups excluding carboxylic acids is 1. The summed E-state index contributed by atoms with van der Waals surface area (Å²) in [4.78, 5) is 12.7. The first-order valence-corrected chi connectivity index (χ1v) is 10.4. The maximum atomic E-state index is 13.9. The van der Waals surface area contributed by atoms with Gasteiger partial charge in [0.1, 0.15) is 29.7 Å². The lowest BCUT2D eigenvalue weighted by molar-refractivity contribution is 0.102. The van der Waals surface area contributed by atoms with Gasteiger partial charge in [0.05, 0.1) is 12.3 Å². The van der Waals surface area contributed by atoms with Gasteiger partial charge in [-0.15, -0.1) is 0 Å². The van der Waals surface area contributed by atoms with E-state index in [-0.39, 0.29) is 17.7 Å². The van der Waals surface area contributed by atoms with Gasteiger partial charge in [-0.3, -0.25) is 4.79 Å². The van der Waals surface area contributed by atoms with Gasteiger partial charge in [0.25, 0.3) is 5.91 Å². The van der Waals surface area contributed by atoms with E-state index in [2.05, 4.69) is 26.1 Å². The van der Waals surface area contributed by atoms with Gasteiger partial charge >= 0.3 is 0 Å². The molecule has 3 aromatic carbocycles. The van der Waals surface area contributed by atoms with E-state index < -0.39 is 17.5 Å². The van der Waals surface area contributed by atoms with Gasteiger partial charge in [0.2, 0.25) is 0 Å². The zero-order valence-electron chi connectivity index (χ0n) is 18.7. The SMILES string of the molecule is CCOc1ccc(C(=O)Nc2ccc(F)cc2F)cc1COc1ccccc1C(C)(C)C. The number of halogens is 2. The minimum absolute atomic E-state index is 0.0952. The average Bonchev–Trinajstić information content (AvgIpc) is 2.74. The Morgan fingerprint density at radius 3 is 2.38 bits per heavy atom. The second kappa shape index (κ2) is 9.81. The molecular weight excluding hydrogens is 412 g/mol. The molecule has 1 N–H and O–H groups in total. The number of hydrogen-bond donors (Lipinski definition) is 1. The van der Waals surface area contributed by atoms with Crippen LogP contribution in [0.2, 0.25) is 0 Å². The molecule has 0 fully saturated rings. The summed E-state index contributed by atoms with van der Waals surface area (Å²) < 4.78 is 38.8. The maximum Gasteiger partial charge on any atom is 0.255 e. The standard InChI is InChI=1S/C26H27F2NO3/c1-5-31-23-13-10-17(25(30)29-22-12-11-19(27)15-21(22)28)14-18(23)16-32-24-9-7-6-8-20(24)26(2,3)4/h6-15H,5,16H2,1-4H3,(H,29,30). The van der Waals surface area contributed by atoms with Crippen molar-refractivity contribution in [3.8, 4) is 11.5 Å². The van der Waals surface area contributed by atoms with E-state index in [9.17, 15) is 13.6 Å². The molecule has 0 heterocycles. The average molecular weight is 440 g/mol. The molecule has 1 amide bonds. The van der Waals surface area contributed by atoms with Crippen molar-refractivity contribution >= 4 is 11.6 Å². The third kappa shape index (κ3) is 5.63. The number of benzene rings is 3. The fourth-order valence-corrected chi connectivity index (χ4v) is 3.28. The number of nitrogens with one attached hydrogen (secondary N) is 1. The van der Waals surface area contributed by atoms with E-state index >= 15 is 0 Å². The third-order valence-corrected chi connectivity index (χ3v) is 4.88. The van der Waals surface area contributed by atoms with Gasteiger partial charge in [-0.2, -0.15) is 0 Å². The molecule has 0 saturated carbocycles. The summed E-state index contributed by atoms with van der Waals surface area (Å²) >= 11 is 0. The van der Waals surface area contributed by atoms with Crippen molar-refractivity contribution in [3.05, 3.63) is 89.0 Å². The number of rotatable bonds is 7. The second-order valence-corrected chi connectivity index (χ2v) is 8.37. The van der Waals surface area contributed by atoms with Crippen molar-refractivity contribution in [1.29, 1.82) is 0 Å². The van der Waals surface area contributed by atoms with Crippen molar-refractivity contribution in [2.75, 3.05) is 11.9 Å². The highest BCUT2D eigenvalue weighted by Gasteiger charge is 2.19. The lowest BCUT2D eigenvalue weighted by Gasteiger charge is -2.23. The Kier molecular flexibility index (Phi) is 7.13. The fourth-order valence-electron chi connectivity index (χ4n) is 3.28. The van der Waals surface area contributed by atoms with Gasteiger partial charge in [-0.1, -0.05) is 39.0 Å². The molecule has 0 aromatic heterocycles. The van der Waals surface area contributed by atoms with E-state index in [4.69, 9.17) is 9.47 Å². The Hall–Kier alpha value is -3.41. The molecule has 4 nitrogen and oxygen atoms in total. The minimum atomic E-state index is -0.841. The predicted molar refractivity (Wildman–Crippen MR) is 121 cm³/mol. The number of ether oxygens (including phenoxy) is 2. The normalized spacial score (nSPS) is 11.2. The Morgan fingerprint density at radius 2 is 1.69 bits per heavy atom. The van der Waals surface area contributed by atoms with Gasteiger partial charge in [0.15, 0.2) is 0 Å². The molecule has 0 aliphatic carbocycles. The van der Waals surface area contributed by atoms with Crippen LogP contribution in [-0.2, 0) is 12.0 Å². The molecule has 0 spiro atoms. The highest BCUT2D eigenvalue weighted by atomic mass is 19.1. The quantitative estimate of drug-likeness (QED) is 0.458. The van der Waals surface area contributed by atoms with Crippen molar-refractivity contribution < 1.29 is 23.0 Å². The molecule has 0 aliphatic rings. The molecule has 0 atom stereocenters. The maximum absolute atomic E-state index is 13.9. The Bertz CT molecular complexity index is 1110. The van der Waals surface area contributed by atoms with Crippen LogP contribution < -0.4 is 14.8 Å². The Labute approximate surface area is 187 Å². The van der Waals surface area contributed by atoms with E-state index in [0.717, 1.165) is 23.4 Å². The zero-order chi connectivity index (χ0) is 23.3. The van der Waals surface area contributed by atoms with Crippen LogP contribution in [0.1, 0.15) is 49.2 Å². The fraction of sp³-hybridized carbons (Fsp3) is 0.269. The summed E-state index contributed by atoms with van der Waals surface area (Å²) in [6.07, 6.45) is 0. The first-order chi connectivity index (χ1) is 15.2. The molecule has 3 rings (SSSR count). The molecule has 0 bridgehead atoms. The summed E-state index contributed by atoms with van der Waals surface area (Å²) in [5.74, 6) is -0.714. The van der Waals surface area contributed by atoms with E-state index in [1.54, 1.807) is 18.2 Å². The Morgan fingerprint density at radius 1 is 0.938 bits per heavy atom. The molecule has 3 aromatic rings. The molecule has 168 valence electrons. The van der Waals surface area contributed by atoms with Gasteiger partial charge in [-0.05, 0) is 54.3 Å². The summed E-state index contributed by atoms with van der Waals surface area (Å²) in [6.45, 7) is 8.85. The third-order valence-electron chi connectivity index (χ3n) is 4.88. The van der Waals surface area contributed by atoms with Gasteiger partial charge in [0, 0.05) is 17.2 Å². The number of amides is 1. The highest BCUT2D eigenvalue weighted by molar-refractivity contribution is 6.04. The number of hydrogen-bond acceptors (Lipinski definition) is 3. The van der Waals surface area contributed by atoms with Crippen LogP contribution in [0.25, 0.3) is 0 Å². The monoisotopic (exact) mass is 439 g/mol. The molecule has 0 saturated heterocycles. The van der Waals surface area contributed by atoms with E-state index in [0.29, 0.717) is 23.5 Å². The lowest BCUT2D eigenvalue weighted by atomic mass is 9.86. The summed E-state index contributed by atoms with van der Waals surface area (Å²) in [6, 6.07) is 15.7. The van der Waals surface area contributed by atoms with Crippen molar-refractivity contribution in [1.82, 2.24) is 0 Å². The van der Waals surface area contributed by atoms with Crippen molar-refractivity contribution in [2.24, 2.45) is 0 Å². The van der Waals surface area contributed by atoms with Gasteiger partial charge in [-0.25, -0.2) is 8.78 Å². The van der Waals surface area contributed by atoms with Crippen molar-refractivity contribution in [2.45, 2.75) is 39.7 Å². The molecule has 0 unspecified atom stereocenters. The first kappa shape index (κ1) is 23.3. The molecule has 32 heavy (non-hydrogen) atoms. The van der Waals surface area contributed by atoms with E-state index in [1.807, 2.05) is 31.2 Å². The van der Waals surface area contributed by atoms with Crippen LogP contribution >= 0.6 is 0 Å². The number of carbonyl (C=O) groups is 1. The van der Waals surface area contributed by atoms with Crippen LogP contribution in [0, 0.1) is 11.6 Å². The molecular formula is C26H27F2NO3. The first-order valence-electron chi connectivity index (χ1n) is 10.4. The van der Waals surface area contributed by atoms with Crippen LogP contribution in [0.5, 0.6) is 11.5 Å². The summed E-state index contributed by atoms with van der Waals surface area (Å²) in [5, 5.41) is 2.47. The minimum Gasteiger partial charge on any atom is -0.493 e. The molecule has 6 heteroatoms. The summed E-state index contributed by atoms with van der Waals surface area (Å²) in [7, 11) is 0. The lowest BCUT2D eigenvalue weighted by Crippen LogP contribution is -2.15. The Balaban J connectivity index is 1.84. The van der Waals surface area contributed by atoms with Gasteiger partial charge < -0.3 is 14.8 Å². The van der Waals surface area contributed by atoms with Crippen LogP contribution in [0.15, 0.2) is 60.7 Å². The van der Waals surface area contributed by atoms with E-state index in [1.165, 1.54) is 6.07 Å². The highest BCUT2D eigenvalue weighted by Crippen LogP contribution is 2.32. The topological polar surface area (TPSA) is 47.6 Å². The summed E-state index contributed by atoms with van der Waals surface area (Å²) in [5.41, 5.74) is 1.86. The number of para-hydroxylation sites is 1. The second-order valence-electron chi connectivity index (χ2n) is 8.37. The van der Waals surface area contributed by atoms with Crippen LogP contribution in [0.3, 0.4) is 0 Å². The zero-order valence-corrected chi connectivity index (χ0v) is 18.7. The molecule has 0 radical (unpaired) electrons.